The fraction of sp³-hybridized carbons (Fsp3) is 0.488. The predicted molar refractivity (Wildman–Crippen MR) is 215 cm³/mol. The summed E-state index contributed by atoms with van der Waals surface area (Å²) < 4.78 is 11.5. The minimum Gasteiger partial charge on any atom is -0.488 e. The normalized spacial score (nSPS) is 20.2. The van der Waals surface area contributed by atoms with E-state index in [1.165, 1.54) is 4.90 Å². The largest absolute Gasteiger partial charge is 0.488 e. The highest BCUT2D eigenvalue weighted by Crippen LogP contribution is 2.25. The van der Waals surface area contributed by atoms with Crippen LogP contribution in [-0.2, 0) is 41.6 Å². The molecule has 2 aliphatic heterocycles. The molecule has 0 radical (unpaired) electrons. The average Bonchev–Trinajstić information content (AvgIpc) is 3.64. The predicted octanol–water partition coefficient (Wildman–Crippen LogP) is 3.76. The molecule has 5 rings (SSSR count). The summed E-state index contributed by atoms with van der Waals surface area (Å²) in [7, 11) is 0. The van der Waals surface area contributed by atoms with E-state index in [1.54, 1.807) is 45.0 Å². The van der Waals surface area contributed by atoms with Crippen molar-refractivity contribution in [2.75, 3.05) is 19.6 Å². The minimum absolute atomic E-state index is 0.0483. The number of imide groups is 1. The first kappa shape index (κ1) is 42.6. The van der Waals surface area contributed by atoms with Gasteiger partial charge in [-0.3, -0.25) is 28.9 Å². The number of carbonyl (C=O) groups excluding carboxylic acids is 6. The Hall–Kier alpha value is -5.50. The minimum atomic E-state index is -1.45. The SMILES string of the molecule is CC(C)(C)OC(=O)N[C@@H](Cc1ccc(OC(C)(C)C)cc1)C(=O)N1C(=O)CNC(=O)[C@H]2CCCN2C(=O)[C@H](Cc2cccc3ccccc23)NC(=O)[C@H]1CCCN. The fourth-order valence-corrected chi connectivity index (χ4v) is 7.27. The van der Waals surface area contributed by atoms with Crippen LogP contribution in [0.25, 0.3) is 10.8 Å². The van der Waals surface area contributed by atoms with Crippen LogP contribution in [0.1, 0.15) is 78.4 Å². The first-order valence-corrected chi connectivity index (χ1v) is 19.6. The Kier molecular flexibility index (Phi) is 13.6. The smallest absolute Gasteiger partial charge is 0.408 e. The zero-order valence-corrected chi connectivity index (χ0v) is 33.8. The highest BCUT2D eigenvalue weighted by molar-refractivity contribution is 6.06. The van der Waals surface area contributed by atoms with Gasteiger partial charge in [0.15, 0.2) is 0 Å². The zero-order valence-electron chi connectivity index (χ0n) is 33.8. The van der Waals surface area contributed by atoms with E-state index < -0.39 is 77.5 Å². The molecule has 0 aromatic heterocycles. The third kappa shape index (κ3) is 11.3. The van der Waals surface area contributed by atoms with Crippen LogP contribution in [0.5, 0.6) is 5.75 Å². The van der Waals surface area contributed by atoms with Crippen LogP contribution in [-0.4, -0.2) is 100 Å². The van der Waals surface area contributed by atoms with Crippen molar-refractivity contribution in [1.29, 1.82) is 0 Å². The van der Waals surface area contributed by atoms with Crippen molar-refractivity contribution in [3.63, 3.8) is 0 Å². The second-order valence-electron chi connectivity index (χ2n) is 16.6. The molecule has 0 saturated carbocycles. The van der Waals surface area contributed by atoms with Crippen molar-refractivity contribution in [2.45, 2.75) is 115 Å². The zero-order chi connectivity index (χ0) is 41.5. The van der Waals surface area contributed by atoms with Gasteiger partial charge in [-0.05, 0) is 108 Å². The Balaban J connectivity index is 1.55. The van der Waals surface area contributed by atoms with E-state index in [-0.39, 0.29) is 32.2 Å². The number of nitrogens with one attached hydrogen (secondary N) is 3. The van der Waals surface area contributed by atoms with Crippen LogP contribution in [0.4, 0.5) is 4.79 Å². The molecule has 0 unspecified atom stereocenters. The van der Waals surface area contributed by atoms with Crippen molar-refractivity contribution in [3.8, 4) is 5.75 Å². The summed E-state index contributed by atoms with van der Waals surface area (Å²) in [4.78, 5) is 87.4. The highest BCUT2D eigenvalue weighted by Gasteiger charge is 2.43. The van der Waals surface area contributed by atoms with Crippen LogP contribution in [0.2, 0.25) is 0 Å². The van der Waals surface area contributed by atoms with E-state index in [0.717, 1.165) is 21.2 Å². The lowest BCUT2D eigenvalue weighted by Gasteiger charge is -2.35. The second kappa shape index (κ2) is 18.2. The highest BCUT2D eigenvalue weighted by atomic mass is 16.6. The van der Waals surface area contributed by atoms with E-state index >= 15 is 0 Å². The molecule has 2 heterocycles. The quantitative estimate of drug-likeness (QED) is 0.237. The second-order valence-corrected chi connectivity index (χ2v) is 16.6. The number of carbonyl (C=O) groups is 6. The van der Waals surface area contributed by atoms with Gasteiger partial charge in [0.25, 0.3) is 5.91 Å². The Morgan fingerprint density at radius 2 is 1.61 bits per heavy atom. The molecule has 5 N–H and O–H groups in total. The maximum Gasteiger partial charge on any atom is 0.408 e. The average molecular weight is 785 g/mol. The first-order valence-electron chi connectivity index (χ1n) is 19.6. The third-order valence-electron chi connectivity index (χ3n) is 9.75. The van der Waals surface area contributed by atoms with Gasteiger partial charge in [0, 0.05) is 19.4 Å². The molecule has 306 valence electrons. The maximum absolute atomic E-state index is 14.9. The van der Waals surface area contributed by atoms with Gasteiger partial charge in [0.2, 0.25) is 23.6 Å². The van der Waals surface area contributed by atoms with Crippen molar-refractivity contribution in [2.24, 2.45) is 5.73 Å². The summed E-state index contributed by atoms with van der Waals surface area (Å²) in [6.45, 7) is 10.6. The molecule has 3 aromatic carbocycles. The molecule has 2 saturated heterocycles. The number of hydrogen-bond acceptors (Lipinski definition) is 9. The standard InChI is InChI=1S/C43H56N6O8/c1-42(2,3)56-30-20-18-27(19-21-30)24-32(47-41(55)57-43(4,5)6)40(54)49-35(16-10-22-44)38(52)46-33(25-29-14-9-13-28-12-7-8-15-31(28)29)39(53)48-23-11-17-34(48)37(51)45-26-36(49)50/h7-9,12-15,18-21,32-35H,10-11,16-17,22-26,44H2,1-6H3,(H,45,51)(H,46,52)(H,47,55)/t32-,33-,34+,35+/m0/s1. The molecule has 0 spiro atoms. The van der Waals surface area contributed by atoms with Crippen molar-refractivity contribution >= 4 is 46.4 Å². The molecule has 14 nitrogen and oxygen atoms in total. The lowest BCUT2D eigenvalue weighted by Crippen LogP contribution is -2.63. The van der Waals surface area contributed by atoms with Crippen LogP contribution in [0.3, 0.4) is 0 Å². The lowest BCUT2D eigenvalue weighted by molar-refractivity contribution is -0.155. The van der Waals surface area contributed by atoms with Gasteiger partial charge in [0.1, 0.15) is 41.1 Å². The van der Waals surface area contributed by atoms with E-state index in [1.807, 2.05) is 63.2 Å². The summed E-state index contributed by atoms with van der Waals surface area (Å²) in [6.07, 6.45) is 0.189. The van der Waals surface area contributed by atoms with E-state index in [0.29, 0.717) is 30.7 Å². The Morgan fingerprint density at radius 1 is 0.912 bits per heavy atom. The van der Waals surface area contributed by atoms with E-state index in [9.17, 15) is 28.8 Å². The Labute approximate surface area is 334 Å². The molecule has 57 heavy (non-hydrogen) atoms. The third-order valence-corrected chi connectivity index (χ3v) is 9.75. The van der Waals surface area contributed by atoms with Crippen LogP contribution >= 0.6 is 0 Å². The molecule has 2 aliphatic rings. The number of alkyl carbamates (subject to hydrolysis) is 1. The molecular weight excluding hydrogens is 729 g/mol. The number of nitrogens with zero attached hydrogens (tertiary/aromatic N) is 2. The summed E-state index contributed by atoms with van der Waals surface area (Å²) in [6, 6.07) is 15.5. The molecule has 3 aromatic rings. The maximum atomic E-state index is 14.9. The number of fused-ring (bicyclic) bond motifs is 2. The van der Waals surface area contributed by atoms with E-state index in [2.05, 4.69) is 16.0 Å². The number of ether oxygens (including phenoxy) is 2. The van der Waals surface area contributed by atoms with Gasteiger partial charge in [-0.25, -0.2) is 4.79 Å². The topological polar surface area (TPSA) is 189 Å². The first-order chi connectivity index (χ1) is 26.9. The summed E-state index contributed by atoms with van der Waals surface area (Å²) in [5.74, 6) is -2.90. The summed E-state index contributed by atoms with van der Waals surface area (Å²) >= 11 is 0. The summed E-state index contributed by atoms with van der Waals surface area (Å²) in [5.41, 5.74) is 5.95. The van der Waals surface area contributed by atoms with Gasteiger partial charge in [-0.2, -0.15) is 0 Å². The monoisotopic (exact) mass is 784 g/mol. The number of nitrogens with two attached hydrogens (primary N) is 1. The van der Waals surface area contributed by atoms with Crippen molar-refractivity contribution in [1.82, 2.24) is 25.8 Å². The lowest BCUT2D eigenvalue weighted by atomic mass is 9.97. The van der Waals surface area contributed by atoms with Gasteiger partial charge in [-0.1, -0.05) is 54.6 Å². The Morgan fingerprint density at radius 3 is 2.30 bits per heavy atom. The molecule has 0 bridgehead atoms. The molecular formula is C43H56N6O8. The molecule has 0 aliphatic carbocycles. The summed E-state index contributed by atoms with van der Waals surface area (Å²) in [5, 5.41) is 10.0. The van der Waals surface area contributed by atoms with Crippen molar-refractivity contribution < 1.29 is 38.2 Å². The fourth-order valence-electron chi connectivity index (χ4n) is 7.27. The number of benzene rings is 3. The molecule has 2 fully saturated rings. The van der Waals surface area contributed by atoms with Gasteiger partial charge < -0.3 is 36.1 Å². The van der Waals surface area contributed by atoms with Gasteiger partial charge in [0.05, 0.1) is 6.54 Å². The van der Waals surface area contributed by atoms with Crippen LogP contribution in [0.15, 0.2) is 66.7 Å². The van der Waals surface area contributed by atoms with Gasteiger partial charge >= 0.3 is 6.09 Å². The van der Waals surface area contributed by atoms with Gasteiger partial charge in [-0.15, -0.1) is 0 Å². The van der Waals surface area contributed by atoms with Crippen molar-refractivity contribution in [3.05, 3.63) is 77.9 Å². The Bertz CT molecular complexity index is 1950. The molecule has 14 heteroatoms. The number of hydrogen-bond donors (Lipinski definition) is 4. The van der Waals surface area contributed by atoms with Crippen LogP contribution < -0.4 is 26.4 Å². The van der Waals surface area contributed by atoms with E-state index in [4.69, 9.17) is 15.2 Å². The molecule has 4 atom stereocenters. The number of rotatable bonds is 10. The molecule has 6 amide bonds. The number of amides is 6. The van der Waals surface area contributed by atoms with Crippen LogP contribution in [0, 0.1) is 0 Å².